The van der Waals surface area contributed by atoms with Crippen molar-refractivity contribution in [3.8, 4) is 5.75 Å². The van der Waals surface area contributed by atoms with E-state index >= 15 is 0 Å². The fourth-order valence-electron chi connectivity index (χ4n) is 6.16. The Bertz CT molecular complexity index is 1260. The third-order valence-corrected chi connectivity index (χ3v) is 7.57. The van der Waals surface area contributed by atoms with Crippen molar-refractivity contribution in [1.29, 1.82) is 0 Å². The van der Waals surface area contributed by atoms with E-state index in [0.29, 0.717) is 5.75 Å². The molecule has 166 valence electrons. The van der Waals surface area contributed by atoms with Gasteiger partial charge in [-0.3, -0.25) is 9.59 Å². The van der Waals surface area contributed by atoms with Gasteiger partial charge >= 0.3 is 0 Å². The summed E-state index contributed by atoms with van der Waals surface area (Å²) in [6.07, 6.45) is -0.585. The summed E-state index contributed by atoms with van der Waals surface area (Å²) in [7, 11) is 0. The summed E-state index contributed by atoms with van der Waals surface area (Å²) in [6, 6.07) is 27.9. The largest absolute Gasteiger partial charge is 0.488 e. The molecule has 3 heteroatoms. The highest BCUT2D eigenvalue weighted by Gasteiger charge is 2.74. The topological polar surface area (TPSA) is 43.4 Å². The Labute approximate surface area is 195 Å². The second-order valence-electron chi connectivity index (χ2n) is 9.66. The van der Waals surface area contributed by atoms with Crippen molar-refractivity contribution < 1.29 is 14.3 Å². The van der Waals surface area contributed by atoms with Crippen molar-refractivity contribution in [1.82, 2.24) is 0 Å². The number of carbonyl (C=O) groups is 2. The molecule has 1 saturated carbocycles. The highest BCUT2D eigenvalue weighted by atomic mass is 16.5. The van der Waals surface area contributed by atoms with Crippen LogP contribution in [0.4, 0.5) is 0 Å². The van der Waals surface area contributed by atoms with Crippen molar-refractivity contribution in [3.63, 3.8) is 0 Å². The lowest BCUT2D eigenvalue weighted by Gasteiger charge is -2.40. The van der Waals surface area contributed by atoms with Gasteiger partial charge in [0, 0.05) is 0 Å². The molecule has 0 N–H and O–H groups in total. The van der Waals surface area contributed by atoms with Gasteiger partial charge in [0.05, 0.1) is 16.7 Å². The summed E-state index contributed by atoms with van der Waals surface area (Å²) < 4.78 is 6.54. The van der Waals surface area contributed by atoms with Gasteiger partial charge in [0.2, 0.25) is 0 Å². The summed E-state index contributed by atoms with van der Waals surface area (Å²) in [4.78, 5) is 27.4. The Morgan fingerprint density at radius 1 is 0.758 bits per heavy atom. The normalized spacial score (nSPS) is 28.3. The van der Waals surface area contributed by atoms with E-state index in [-0.39, 0.29) is 11.6 Å². The van der Waals surface area contributed by atoms with Crippen LogP contribution in [0.2, 0.25) is 0 Å². The molecule has 0 heterocycles. The number of carbonyl (C=O) groups excluding carboxylic acids is 2. The second kappa shape index (κ2) is 7.55. The van der Waals surface area contributed by atoms with Crippen LogP contribution < -0.4 is 4.74 Å². The number of ether oxygens (including phenoxy) is 1. The fraction of sp³-hybridized carbons (Fsp3) is 0.267. The molecule has 1 fully saturated rings. The highest BCUT2D eigenvalue weighted by molar-refractivity contribution is 6.25. The van der Waals surface area contributed by atoms with Gasteiger partial charge in [-0.2, -0.15) is 0 Å². The summed E-state index contributed by atoms with van der Waals surface area (Å²) in [6.45, 7) is 7.52. The lowest BCUT2D eigenvalue weighted by Crippen LogP contribution is -2.45. The second-order valence-corrected chi connectivity index (χ2v) is 9.66. The number of hydrogen-bond acceptors (Lipinski definition) is 3. The van der Waals surface area contributed by atoms with E-state index in [0.717, 1.165) is 27.8 Å². The molecule has 2 bridgehead atoms. The first-order chi connectivity index (χ1) is 15.8. The van der Waals surface area contributed by atoms with Gasteiger partial charge in [-0.25, -0.2) is 0 Å². The van der Waals surface area contributed by atoms with E-state index in [1.165, 1.54) is 0 Å². The van der Waals surface area contributed by atoms with E-state index < -0.39 is 22.9 Å². The van der Waals surface area contributed by atoms with Crippen LogP contribution in [-0.4, -0.2) is 17.7 Å². The van der Waals surface area contributed by atoms with Crippen LogP contribution >= 0.6 is 0 Å². The summed E-state index contributed by atoms with van der Waals surface area (Å²) in [5.74, 6) is 0.145. The number of rotatable bonds is 5. The maximum absolute atomic E-state index is 14.3. The molecule has 4 unspecified atom stereocenters. The fourth-order valence-corrected chi connectivity index (χ4v) is 6.16. The minimum Gasteiger partial charge on any atom is -0.488 e. The molecule has 0 saturated heterocycles. The number of benzene rings is 3. The van der Waals surface area contributed by atoms with Gasteiger partial charge in [0.25, 0.3) is 0 Å². The maximum atomic E-state index is 14.3. The van der Waals surface area contributed by atoms with Crippen molar-refractivity contribution in [2.45, 2.75) is 33.8 Å². The quantitative estimate of drug-likeness (QED) is 0.481. The zero-order valence-corrected chi connectivity index (χ0v) is 19.5. The van der Waals surface area contributed by atoms with E-state index in [1.54, 1.807) is 6.92 Å². The Balaban J connectivity index is 1.79. The van der Waals surface area contributed by atoms with E-state index in [4.69, 9.17) is 4.74 Å². The molecule has 2 aliphatic rings. The predicted octanol–water partition coefficient (Wildman–Crippen LogP) is 6.17. The minimum atomic E-state index is -0.970. The molecular formula is C30H28O3. The van der Waals surface area contributed by atoms with Gasteiger partial charge in [-0.15, -0.1) is 0 Å². The SMILES string of the molecule is CC(=O)C1C(Oc2ccc(C)cc2)C2(C)C(=O)C1(C)C(c1ccccc1)=C2c1ccccc1. The van der Waals surface area contributed by atoms with Gasteiger partial charge in [0.15, 0.2) is 5.78 Å². The van der Waals surface area contributed by atoms with Crippen molar-refractivity contribution >= 4 is 22.7 Å². The lowest BCUT2D eigenvalue weighted by atomic mass is 9.65. The number of allylic oxidation sites excluding steroid dienone is 1. The molecule has 2 aliphatic carbocycles. The summed E-state index contributed by atoms with van der Waals surface area (Å²) in [5.41, 5.74) is 3.10. The Morgan fingerprint density at radius 3 is 1.73 bits per heavy atom. The van der Waals surface area contributed by atoms with Gasteiger partial charge in [-0.05, 0) is 62.1 Å². The molecule has 3 aromatic rings. The Morgan fingerprint density at radius 2 is 1.24 bits per heavy atom. The zero-order chi connectivity index (χ0) is 23.4. The van der Waals surface area contributed by atoms with Crippen molar-refractivity contribution in [2.24, 2.45) is 16.7 Å². The molecule has 0 aromatic heterocycles. The molecular weight excluding hydrogens is 408 g/mol. The Hall–Kier alpha value is -3.46. The van der Waals surface area contributed by atoms with Crippen LogP contribution in [0.3, 0.4) is 0 Å². The monoisotopic (exact) mass is 436 g/mol. The zero-order valence-electron chi connectivity index (χ0n) is 19.5. The van der Waals surface area contributed by atoms with Crippen LogP contribution in [0.15, 0.2) is 84.9 Å². The number of ketones is 2. The van der Waals surface area contributed by atoms with Crippen LogP contribution in [0.25, 0.3) is 11.1 Å². The van der Waals surface area contributed by atoms with Crippen LogP contribution in [0, 0.1) is 23.7 Å². The Kier molecular flexibility index (Phi) is 4.89. The maximum Gasteiger partial charge on any atom is 0.158 e. The van der Waals surface area contributed by atoms with E-state index in [1.807, 2.05) is 106 Å². The number of aryl methyl sites for hydroxylation is 1. The van der Waals surface area contributed by atoms with Gasteiger partial charge in [-0.1, -0.05) is 78.4 Å². The predicted molar refractivity (Wildman–Crippen MR) is 131 cm³/mol. The van der Waals surface area contributed by atoms with Gasteiger partial charge in [0.1, 0.15) is 17.6 Å². The number of fused-ring (bicyclic) bond motifs is 2. The standard InChI is InChI=1S/C30H28O3/c1-19-15-17-23(18-16-19)33-27-24(20(2)31)29(3)25(21-11-7-5-8-12-21)26(30(27,4)28(29)32)22-13-9-6-10-14-22/h5-18,24,27H,1-4H3. The molecule has 3 aromatic carbocycles. The molecule has 0 aliphatic heterocycles. The van der Waals surface area contributed by atoms with Gasteiger partial charge < -0.3 is 4.74 Å². The van der Waals surface area contributed by atoms with Crippen LogP contribution in [0.1, 0.15) is 37.5 Å². The molecule has 5 rings (SSSR count). The first-order valence-electron chi connectivity index (χ1n) is 11.4. The lowest BCUT2D eigenvalue weighted by molar-refractivity contribution is -0.130. The van der Waals surface area contributed by atoms with Crippen LogP contribution in [-0.2, 0) is 9.59 Å². The third kappa shape index (κ3) is 2.95. The number of hydrogen-bond donors (Lipinski definition) is 0. The average Bonchev–Trinajstić information content (AvgIpc) is 3.10. The van der Waals surface area contributed by atoms with E-state index in [2.05, 4.69) is 0 Å². The molecule has 0 radical (unpaired) electrons. The van der Waals surface area contributed by atoms with Crippen LogP contribution in [0.5, 0.6) is 5.75 Å². The molecule has 0 spiro atoms. The third-order valence-electron chi connectivity index (χ3n) is 7.57. The smallest absolute Gasteiger partial charge is 0.158 e. The summed E-state index contributed by atoms with van der Waals surface area (Å²) >= 11 is 0. The van der Waals surface area contributed by atoms with Crippen molar-refractivity contribution in [2.75, 3.05) is 0 Å². The summed E-state index contributed by atoms with van der Waals surface area (Å²) in [5, 5.41) is 0. The first-order valence-corrected chi connectivity index (χ1v) is 11.4. The molecule has 3 nitrogen and oxygen atoms in total. The minimum absolute atomic E-state index is 0.0211. The average molecular weight is 437 g/mol. The highest BCUT2D eigenvalue weighted by Crippen LogP contribution is 2.69. The first kappa shape index (κ1) is 21.4. The number of Topliss-reactive ketones (excluding diaryl/α,β-unsaturated/α-hetero) is 2. The van der Waals surface area contributed by atoms with E-state index in [9.17, 15) is 9.59 Å². The molecule has 33 heavy (non-hydrogen) atoms. The molecule has 0 amide bonds. The molecule has 4 atom stereocenters. The van der Waals surface area contributed by atoms with Crippen molar-refractivity contribution in [3.05, 3.63) is 102 Å².